The van der Waals surface area contributed by atoms with Crippen molar-refractivity contribution in [3.63, 3.8) is 0 Å². The third kappa shape index (κ3) is 2.64. The summed E-state index contributed by atoms with van der Waals surface area (Å²) in [7, 11) is 0. The number of hydrogen-bond donors (Lipinski definition) is 2. The fourth-order valence-electron chi connectivity index (χ4n) is 3.41. The Hall–Kier alpha value is -3.93. The maximum Gasteiger partial charge on any atom is 0.336 e. The van der Waals surface area contributed by atoms with E-state index in [9.17, 15) is 24.6 Å². The Kier molecular flexibility index (Phi) is 3.74. The zero-order valence-corrected chi connectivity index (χ0v) is 13.8. The second kappa shape index (κ2) is 6.10. The Morgan fingerprint density at radius 1 is 0.778 bits per heavy atom. The van der Waals surface area contributed by atoms with Crippen molar-refractivity contribution in [1.82, 2.24) is 0 Å². The van der Waals surface area contributed by atoms with Crippen molar-refractivity contribution in [2.45, 2.75) is 0 Å². The molecule has 0 aliphatic carbocycles. The normalized spacial score (nSPS) is 11.0. The van der Waals surface area contributed by atoms with Gasteiger partial charge in [-0.2, -0.15) is 0 Å². The Morgan fingerprint density at radius 3 is 2.22 bits per heavy atom. The van der Waals surface area contributed by atoms with Gasteiger partial charge >= 0.3 is 11.9 Å². The van der Waals surface area contributed by atoms with Crippen LogP contribution in [0.15, 0.2) is 54.6 Å². The third-order valence-electron chi connectivity index (χ3n) is 4.56. The average molecular weight is 360 g/mol. The number of ether oxygens (including phenoxy) is 1. The van der Waals surface area contributed by atoms with Gasteiger partial charge in [0.2, 0.25) is 0 Å². The molecule has 0 spiro atoms. The van der Waals surface area contributed by atoms with Crippen molar-refractivity contribution in [2.24, 2.45) is 0 Å². The maximum absolute atomic E-state index is 11.9. The molecule has 0 radical (unpaired) electrons. The number of carbonyl (C=O) groups excluding carboxylic acids is 1. The van der Waals surface area contributed by atoms with Gasteiger partial charge in [0.25, 0.3) is 6.47 Å². The molecular formula is C21H12O6. The standard InChI is InChI=1S/C21H12O6/c22-10-27-14-3-6-15-13(8-14)9-18(21(25)26)19-16-4-2-12(20(23)24)7-11(16)1-5-17(15)19/h1-10H,(H,23,24)(H,25,26). The molecule has 132 valence electrons. The van der Waals surface area contributed by atoms with Gasteiger partial charge in [-0.15, -0.1) is 0 Å². The lowest BCUT2D eigenvalue weighted by Crippen LogP contribution is -2.00. The second-order valence-electron chi connectivity index (χ2n) is 6.06. The zero-order chi connectivity index (χ0) is 19.1. The number of carboxylic acid groups (broad SMARTS) is 2. The van der Waals surface area contributed by atoms with Crippen LogP contribution in [0.25, 0.3) is 32.3 Å². The van der Waals surface area contributed by atoms with Crippen LogP contribution in [0, 0.1) is 0 Å². The van der Waals surface area contributed by atoms with E-state index in [1.165, 1.54) is 18.2 Å². The highest BCUT2D eigenvalue weighted by Gasteiger charge is 2.16. The van der Waals surface area contributed by atoms with E-state index in [2.05, 4.69) is 0 Å². The smallest absolute Gasteiger partial charge is 0.336 e. The molecule has 0 bridgehead atoms. The topological polar surface area (TPSA) is 101 Å². The summed E-state index contributed by atoms with van der Waals surface area (Å²) in [4.78, 5) is 33.7. The van der Waals surface area contributed by atoms with Crippen LogP contribution in [0.1, 0.15) is 20.7 Å². The molecular weight excluding hydrogens is 348 g/mol. The minimum absolute atomic E-state index is 0.0921. The first-order chi connectivity index (χ1) is 13.0. The Labute approximate surface area is 152 Å². The Bertz CT molecular complexity index is 1270. The van der Waals surface area contributed by atoms with E-state index in [0.717, 1.165) is 10.8 Å². The van der Waals surface area contributed by atoms with Gasteiger partial charge in [0, 0.05) is 5.39 Å². The number of carbonyl (C=O) groups is 3. The summed E-state index contributed by atoms with van der Waals surface area (Å²) in [5, 5.41) is 22.9. The first kappa shape index (κ1) is 16.5. The highest BCUT2D eigenvalue weighted by atomic mass is 16.5. The van der Waals surface area contributed by atoms with Crippen molar-refractivity contribution >= 4 is 50.7 Å². The van der Waals surface area contributed by atoms with Gasteiger partial charge < -0.3 is 14.9 Å². The number of rotatable bonds is 4. The molecule has 0 saturated heterocycles. The lowest BCUT2D eigenvalue weighted by atomic mass is 9.92. The molecule has 2 N–H and O–H groups in total. The van der Waals surface area contributed by atoms with E-state index in [4.69, 9.17) is 4.74 Å². The highest BCUT2D eigenvalue weighted by Crippen LogP contribution is 2.36. The van der Waals surface area contributed by atoms with Gasteiger partial charge in [0.1, 0.15) is 5.75 Å². The Balaban J connectivity index is 2.14. The minimum Gasteiger partial charge on any atom is -0.478 e. The van der Waals surface area contributed by atoms with Crippen molar-refractivity contribution in [2.75, 3.05) is 0 Å². The first-order valence-electron chi connectivity index (χ1n) is 8.00. The van der Waals surface area contributed by atoms with Crippen LogP contribution in [0.4, 0.5) is 0 Å². The quantitative estimate of drug-likeness (QED) is 0.420. The molecule has 4 rings (SSSR count). The largest absolute Gasteiger partial charge is 0.478 e. The van der Waals surface area contributed by atoms with Crippen LogP contribution in [0.3, 0.4) is 0 Å². The fraction of sp³-hybridized carbons (Fsp3) is 0. The van der Waals surface area contributed by atoms with E-state index in [1.54, 1.807) is 36.4 Å². The van der Waals surface area contributed by atoms with Gasteiger partial charge in [-0.1, -0.05) is 24.3 Å². The lowest BCUT2D eigenvalue weighted by molar-refractivity contribution is -0.120. The van der Waals surface area contributed by atoms with Gasteiger partial charge in [-0.05, 0) is 57.3 Å². The van der Waals surface area contributed by atoms with Crippen molar-refractivity contribution in [1.29, 1.82) is 0 Å². The van der Waals surface area contributed by atoms with Gasteiger partial charge in [-0.3, -0.25) is 4.79 Å². The molecule has 6 nitrogen and oxygen atoms in total. The summed E-state index contributed by atoms with van der Waals surface area (Å²) in [5.41, 5.74) is 0.226. The third-order valence-corrected chi connectivity index (χ3v) is 4.56. The van der Waals surface area contributed by atoms with Crippen molar-refractivity contribution < 1.29 is 29.3 Å². The van der Waals surface area contributed by atoms with Gasteiger partial charge in [0.15, 0.2) is 0 Å². The average Bonchev–Trinajstić information content (AvgIpc) is 2.66. The van der Waals surface area contributed by atoms with E-state index in [0.29, 0.717) is 33.8 Å². The predicted octanol–water partition coefficient (Wildman–Crippen LogP) is 4.08. The van der Waals surface area contributed by atoms with Crippen molar-refractivity contribution in [3.8, 4) is 5.75 Å². The van der Waals surface area contributed by atoms with Crippen molar-refractivity contribution in [3.05, 3.63) is 65.7 Å². The molecule has 0 aromatic heterocycles. The zero-order valence-electron chi connectivity index (χ0n) is 13.8. The number of carboxylic acids is 2. The summed E-state index contributed by atoms with van der Waals surface area (Å²) in [5.74, 6) is -1.82. The molecule has 4 aromatic carbocycles. The molecule has 0 unspecified atom stereocenters. The highest BCUT2D eigenvalue weighted by molar-refractivity contribution is 6.24. The molecule has 0 aliphatic heterocycles. The molecule has 0 fully saturated rings. The summed E-state index contributed by atoms with van der Waals surface area (Å²) in [6.45, 7) is 0.313. The molecule has 0 aliphatic rings. The van der Waals surface area contributed by atoms with Gasteiger partial charge in [-0.25, -0.2) is 9.59 Å². The molecule has 0 saturated carbocycles. The van der Waals surface area contributed by atoms with Crippen LogP contribution < -0.4 is 4.74 Å². The van der Waals surface area contributed by atoms with Crippen LogP contribution in [0.5, 0.6) is 5.75 Å². The summed E-state index contributed by atoms with van der Waals surface area (Å²) >= 11 is 0. The van der Waals surface area contributed by atoms with Crippen LogP contribution >= 0.6 is 0 Å². The van der Waals surface area contributed by atoms with Crippen LogP contribution in [0.2, 0.25) is 0 Å². The second-order valence-corrected chi connectivity index (χ2v) is 6.06. The summed E-state index contributed by atoms with van der Waals surface area (Å²) < 4.78 is 4.85. The first-order valence-corrected chi connectivity index (χ1v) is 8.00. The predicted molar refractivity (Wildman–Crippen MR) is 99.6 cm³/mol. The number of hydrogen-bond acceptors (Lipinski definition) is 4. The maximum atomic E-state index is 11.9. The molecule has 0 amide bonds. The summed E-state index contributed by atoms with van der Waals surface area (Å²) in [6, 6.07) is 14.7. The van der Waals surface area contributed by atoms with E-state index >= 15 is 0 Å². The van der Waals surface area contributed by atoms with E-state index < -0.39 is 11.9 Å². The lowest BCUT2D eigenvalue weighted by Gasteiger charge is -2.12. The molecule has 6 heteroatoms. The number of fused-ring (bicyclic) bond motifs is 5. The molecule has 4 aromatic rings. The molecule has 0 heterocycles. The van der Waals surface area contributed by atoms with Gasteiger partial charge in [0.05, 0.1) is 11.1 Å². The minimum atomic E-state index is -1.10. The molecule has 27 heavy (non-hydrogen) atoms. The monoisotopic (exact) mass is 360 g/mol. The SMILES string of the molecule is O=COc1ccc2c(c1)cc(C(=O)O)c1c3ccc(C(=O)O)cc3ccc21. The fourth-order valence-corrected chi connectivity index (χ4v) is 3.41. The number of aromatic carboxylic acids is 2. The Morgan fingerprint density at radius 2 is 1.52 bits per heavy atom. The number of benzene rings is 4. The van der Waals surface area contributed by atoms with E-state index in [-0.39, 0.29) is 11.1 Å². The van der Waals surface area contributed by atoms with Crippen LogP contribution in [-0.2, 0) is 4.79 Å². The van der Waals surface area contributed by atoms with E-state index in [1.807, 2.05) is 0 Å². The molecule has 0 atom stereocenters. The summed E-state index contributed by atoms with van der Waals surface area (Å²) in [6.07, 6.45) is 0. The van der Waals surface area contributed by atoms with Crippen LogP contribution in [-0.4, -0.2) is 28.6 Å².